The van der Waals surface area contributed by atoms with Gasteiger partial charge in [0.25, 0.3) is 5.91 Å². The average Bonchev–Trinajstić information content (AvgIpc) is 3.14. The molecule has 1 aromatic carbocycles. The molecule has 0 aliphatic heterocycles. The molecule has 0 spiro atoms. The molecule has 1 amide bonds. The van der Waals surface area contributed by atoms with E-state index < -0.39 is 0 Å². The summed E-state index contributed by atoms with van der Waals surface area (Å²) in [7, 11) is 1.82. The second kappa shape index (κ2) is 7.77. The van der Waals surface area contributed by atoms with Gasteiger partial charge in [0, 0.05) is 48.4 Å². The van der Waals surface area contributed by atoms with E-state index in [4.69, 9.17) is 0 Å². The van der Waals surface area contributed by atoms with Crippen LogP contribution in [0.25, 0.3) is 11.4 Å². The van der Waals surface area contributed by atoms with E-state index in [1.165, 1.54) is 0 Å². The van der Waals surface area contributed by atoms with Gasteiger partial charge < -0.3 is 10.6 Å². The molecule has 0 aliphatic carbocycles. The fraction of sp³-hybridized carbons (Fsp3) is 0.263. The van der Waals surface area contributed by atoms with Crippen LogP contribution in [0.5, 0.6) is 0 Å². The van der Waals surface area contributed by atoms with Crippen LogP contribution in [0.4, 0.5) is 5.82 Å². The van der Waals surface area contributed by atoms with Crippen LogP contribution >= 0.6 is 0 Å². The summed E-state index contributed by atoms with van der Waals surface area (Å²) in [5.41, 5.74) is 2.35. The highest BCUT2D eigenvalue weighted by molar-refractivity contribution is 5.94. The number of rotatable bonds is 6. The first-order valence-electron chi connectivity index (χ1n) is 8.47. The number of hydrogen-bond acceptors (Lipinski definition) is 5. The van der Waals surface area contributed by atoms with Gasteiger partial charge in [0.1, 0.15) is 5.82 Å². The van der Waals surface area contributed by atoms with E-state index >= 15 is 0 Å². The topological polar surface area (TPSA) is 84.7 Å². The minimum atomic E-state index is -0.114. The van der Waals surface area contributed by atoms with Crippen LogP contribution in [0, 0.1) is 6.92 Å². The number of aromatic nitrogens is 4. The van der Waals surface area contributed by atoms with Crippen molar-refractivity contribution in [3.05, 3.63) is 60.0 Å². The quantitative estimate of drug-likeness (QED) is 0.713. The van der Waals surface area contributed by atoms with Gasteiger partial charge in [-0.05, 0) is 32.0 Å². The van der Waals surface area contributed by atoms with E-state index in [9.17, 15) is 4.79 Å². The zero-order valence-corrected chi connectivity index (χ0v) is 15.1. The molecule has 2 N–H and O–H groups in total. The minimum absolute atomic E-state index is 0.0274. The molecule has 26 heavy (non-hydrogen) atoms. The Hall–Kier alpha value is -3.22. The summed E-state index contributed by atoms with van der Waals surface area (Å²) in [5.74, 6) is 1.28. The Kier molecular flexibility index (Phi) is 5.26. The lowest BCUT2D eigenvalue weighted by Crippen LogP contribution is -2.35. The standard InChI is InChI=1S/C19H22N6O/c1-13-11-17(20-3)24-18(22-13)15-5-7-16(8-6-15)19(26)23-14(2)12-25-10-4-9-21-25/h4-11,14H,12H2,1-3H3,(H,23,26)(H,20,22,24). The summed E-state index contributed by atoms with van der Waals surface area (Å²) in [6, 6.07) is 11.0. The van der Waals surface area contributed by atoms with Crippen molar-refractivity contribution in [3.8, 4) is 11.4 Å². The van der Waals surface area contributed by atoms with Crippen LogP contribution in [0.1, 0.15) is 23.0 Å². The third-order valence-electron chi connectivity index (χ3n) is 3.91. The van der Waals surface area contributed by atoms with Crippen LogP contribution in [0.2, 0.25) is 0 Å². The lowest BCUT2D eigenvalue weighted by Gasteiger charge is -2.14. The molecule has 134 valence electrons. The molecule has 0 aliphatic rings. The van der Waals surface area contributed by atoms with Gasteiger partial charge >= 0.3 is 0 Å². The van der Waals surface area contributed by atoms with E-state index in [0.29, 0.717) is 17.9 Å². The van der Waals surface area contributed by atoms with Crippen molar-refractivity contribution < 1.29 is 4.79 Å². The highest BCUT2D eigenvalue weighted by Gasteiger charge is 2.11. The van der Waals surface area contributed by atoms with Gasteiger partial charge in [0.15, 0.2) is 5.82 Å². The molecule has 7 heteroatoms. The molecule has 3 aromatic rings. The van der Waals surface area contributed by atoms with E-state index in [1.807, 2.05) is 51.4 Å². The maximum Gasteiger partial charge on any atom is 0.251 e. The highest BCUT2D eigenvalue weighted by Crippen LogP contribution is 2.18. The molecule has 2 aromatic heterocycles. The molecule has 0 radical (unpaired) electrons. The van der Waals surface area contributed by atoms with Crippen LogP contribution in [-0.4, -0.2) is 38.7 Å². The number of benzene rings is 1. The molecular weight excluding hydrogens is 328 g/mol. The van der Waals surface area contributed by atoms with E-state index in [0.717, 1.165) is 17.1 Å². The molecule has 1 unspecified atom stereocenters. The Balaban J connectivity index is 1.69. The molecule has 0 saturated heterocycles. The number of hydrogen-bond donors (Lipinski definition) is 2. The number of anilines is 1. The summed E-state index contributed by atoms with van der Waals surface area (Å²) >= 11 is 0. The second-order valence-electron chi connectivity index (χ2n) is 6.15. The van der Waals surface area contributed by atoms with E-state index in [-0.39, 0.29) is 11.9 Å². The summed E-state index contributed by atoms with van der Waals surface area (Å²) in [4.78, 5) is 21.3. The SMILES string of the molecule is CNc1cc(C)nc(-c2ccc(C(=O)NC(C)Cn3cccn3)cc2)n1. The molecule has 7 nitrogen and oxygen atoms in total. The number of nitrogens with one attached hydrogen (secondary N) is 2. The Bertz CT molecular complexity index is 874. The van der Waals surface area contributed by atoms with Crippen LogP contribution < -0.4 is 10.6 Å². The zero-order chi connectivity index (χ0) is 18.5. The van der Waals surface area contributed by atoms with Crippen molar-refractivity contribution >= 4 is 11.7 Å². The van der Waals surface area contributed by atoms with Crippen LogP contribution in [-0.2, 0) is 6.54 Å². The third-order valence-corrected chi connectivity index (χ3v) is 3.91. The van der Waals surface area contributed by atoms with Crippen molar-refractivity contribution in [2.45, 2.75) is 26.4 Å². The largest absolute Gasteiger partial charge is 0.373 e. The average molecular weight is 350 g/mol. The summed E-state index contributed by atoms with van der Waals surface area (Å²) < 4.78 is 1.79. The van der Waals surface area contributed by atoms with Gasteiger partial charge in [-0.25, -0.2) is 9.97 Å². The number of carbonyl (C=O) groups excluding carboxylic acids is 1. The van der Waals surface area contributed by atoms with Crippen molar-refractivity contribution in [1.29, 1.82) is 0 Å². The predicted molar refractivity (Wildman–Crippen MR) is 101 cm³/mol. The molecular formula is C19H22N6O. The molecule has 2 heterocycles. The van der Waals surface area contributed by atoms with E-state index in [1.54, 1.807) is 23.0 Å². The number of amides is 1. The fourth-order valence-electron chi connectivity index (χ4n) is 2.64. The fourth-order valence-corrected chi connectivity index (χ4v) is 2.64. The molecule has 3 rings (SSSR count). The van der Waals surface area contributed by atoms with Crippen molar-refractivity contribution in [3.63, 3.8) is 0 Å². The van der Waals surface area contributed by atoms with Crippen LogP contribution in [0.15, 0.2) is 48.8 Å². The Morgan fingerprint density at radius 2 is 2.00 bits per heavy atom. The normalized spacial score (nSPS) is 11.8. The Labute approximate surface area is 152 Å². The Morgan fingerprint density at radius 3 is 2.65 bits per heavy atom. The molecule has 0 saturated carbocycles. The van der Waals surface area contributed by atoms with Gasteiger partial charge in [-0.1, -0.05) is 12.1 Å². The Morgan fingerprint density at radius 1 is 1.23 bits per heavy atom. The second-order valence-corrected chi connectivity index (χ2v) is 6.15. The van der Waals surface area contributed by atoms with Crippen molar-refractivity contribution in [2.24, 2.45) is 0 Å². The summed E-state index contributed by atoms with van der Waals surface area (Å²) in [6.45, 7) is 4.50. The molecule has 1 atom stereocenters. The van der Waals surface area contributed by atoms with Crippen LogP contribution in [0.3, 0.4) is 0 Å². The number of nitrogens with zero attached hydrogens (tertiary/aromatic N) is 4. The molecule has 0 bridgehead atoms. The monoisotopic (exact) mass is 350 g/mol. The predicted octanol–water partition coefficient (Wildman–Crippen LogP) is 2.51. The van der Waals surface area contributed by atoms with Gasteiger partial charge in [0.05, 0.1) is 6.54 Å². The zero-order valence-electron chi connectivity index (χ0n) is 15.1. The lowest BCUT2D eigenvalue weighted by atomic mass is 10.1. The van der Waals surface area contributed by atoms with Gasteiger partial charge in [0.2, 0.25) is 0 Å². The maximum atomic E-state index is 12.4. The number of carbonyl (C=O) groups is 1. The lowest BCUT2D eigenvalue weighted by molar-refractivity contribution is 0.0936. The first-order chi connectivity index (χ1) is 12.5. The van der Waals surface area contributed by atoms with Gasteiger partial charge in [-0.15, -0.1) is 0 Å². The van der Waals surface area contributed by atoms with Gasteiger partial charge in [-0.3, -0.25) is 9.48 Å². The summed E-state index contributed by atoms with van der Waals surface area (Å²) in [6.07, 6.45) is 3.60. The number of aryl methyl sites for hydroxylation is 1. The molecule has 0 fully saturated rings. The third kappa shape index (κ3) is 4.24. The van der Waals surface area contributed by atoms with Gasteiger partial charge in [-0.2, -0.15) is 5.10 Å². The first kappa shape index (κ1) is 17.6. The van der Waals surface area contributed by atoms with Crippen molar-refractivity contribution in [1.82, 2.24) is 25.1 Å². The maximum absolute atomic E-state index is 12.4. The smallest absolute Gasteiger partial charge is 0.251 e. The van der Waals surface area contributed by atoms with Crippen molar-refractivity contribution in [2.75, 3.05) is 12.4 Å². The van der Waals surface area contributed by atoms with E-state index in [2.05, 4.69) is 25.7 Å². The highest BCUT2D eigenvalue weighted by atomic mass is 16.1. The first-order valence-corrected chi connectivity index (χ1v) is 8.47. The minimum Gasteiger partial charge on any atom is -0.373 e. The summed E-state index contributed by atoms with van der Waals surface area (Å²) in [5, 5.41) is 10.2.